The SMILES string of the molecule is CCCC(=O)Oc1ccc(/C=C(\C#N)C(=O)NCc2ccco2)cc1. The quantitative estimate of drug-likeness (QED) is 0.362. The summed E-state index contributed by atoms with van der Waals surface area (Å²) in [6, 6.07) is 11.9. The number of rotatable bonds is 7. The van der Waals surface area contributed by atoms with Gasteiger partial charge in [-0.25, -0.2) is 0 Å². The first-order chi connectivity index (χ1) is 12.1. The first kappa shape index (κ1) is 18.0. The molecule has 1 aromatic carbocycles. The van der Waals surface area contributed by atoms with Crippen LogP contribution >= 0.6 is 0 Å². The van der Waals surface area contributed by atoms with Gasteiger partial charge < -0.3 is 14.5 Å². The topological polar surface area (TPSA) is 92.3 Å². The van der Waals surface area contributed by atoms with E-state index in [1.807, 2.05) is 13.0 Å². The largest absolute Gasteiger partial charge is 0.467 e. The highest BCUT2D eigenvalue weighted by atomic mass is 16.5. The highest BCUT2D eigenvalue weighted by molar-refractivity contribution is 6.01. The van der Waals surface area contributed by atoms with Crippen LogP contribution in [0.3, 0.4) is 0 Å². The van der Waals surface area contributed by atoms with E-state index in [0.717, 1.165) is 6.42 Å². The van der Waals surface area contributed by atoms with Crippen LogP contribution in [-0.4, -0.2) is 11.9 Å². The fourth-order valence-electron chi connectivity index (χ4n) is 2.01. The Bertz CT molecular complexity index is 784. The number of nitriles is 1. The zero-order chi connectivity index (χ0) is 18.1. The molecule has 25 heavy (non-hydrogen) atoms. The van der Waals surface area contributed by atoms with Gasteiger partial charge in [0.2, 0.25) is 0 Å². The van der Waals surface area contributed by atoms with Crippen molar-refractivity contribution in [2.45, 2.75) is 26.3 Å². The number of hydrogen-bond acceptors (Lipinski definition) is 5. The smallest absolute Gasteiger partial charge is 0.311 e. The lowest BCUT2D eigenvalue weighted by atomic mass is 10.1. The molecule has 2 aromatic rings. The lowest BCUT2D eigenvalue weighted by Crippen LogP contribution is -2.23. The average Bonchev–Trinajstić information content (AvgIpc) is 3.12. The van der Waals surface area contributed by atoms with Crippen LogP contribution in [0.1, 0.15) is 31.1 Å². The number of benzene rings is 1. The van der Waals surface area contributed by atoms with Gasteiger partial charge in [0.05, 0.1) is 12.8 Å². The Balaban J connectivity index is 1.99. The Kier molecular flexibility index (Phi) is 6.55. The van der Waals surface area contributed by atoms with E-state index in [1.54, 1.807) is 36.4 Å². The van der Waals surface area contributed by atoms with Crippen LogP contribution in [0.5, 0.6) is 5.75 Å². The molecule has 0 aliphatic heterocycles. The lowest BCUT2D eigenvalue weighted by molar-refractivity contribution is -0.134. The third kappa shape index (κ3) is 5.66. The summed E-state index contributed by atoms with van der Waals surface area (Å²) < 4.78 is 10.3. The Hall–Kier alpha value is -3.33. The summed E-state index contributed by atoms with van der Waals surface area (Å²) in [5.41, 5.74) is 0.627. The van der Waals surface area contributed by atoms with E-state index < -0.39 is 5.91 Å². The molecule has 1 aromatic heterocycles. The molecule has 0 bridgehead atoms. The number of esters is 1. The van der Waals surface area contributed by atoms with Crippen LogP contribution in [0.2, 0.25) is 0 Å². The van der Waals surface area contributed by atoms with E-state index in [4.69, 9.17) is 9.15 Å². The summed E-state index contributed by atoms with van der Waals surface area (Å²) in [7, 11) is 0. The van der Waals surface area contributed by atoms with Crippen molar-refractivity contribution < 1.29 is 18.7 Å². The van der Waals surface area contributed by atoms with Crippen molar-refractivity contribution >= 4 is 18.0 Å². The number of nitrogens with zero attached hydrogens (tertiary/aromatic N) is 1. The van der Waals surface area contributed by atoms with E-state index in [2.05, 4.69) is 5.32 Å². The summed E-state index contributed by atoms with van der Waals surface area (Å²) in [6.45, 7) is 2.10. The van der Waals surface area contributed by atoms with E-state index >= 15 is 0 Å². The second-order valence-corrected chi connectivity index (χ2v) is 5.22. The second-order valence-electron chi connectivity index (χ2n) is 5.22. The molecule has 0 aliphatic rings. The molecule has 128 valence electrons. The number of furan rings is 1. The van der Waals surface area contributed by atoms with E-state index in [-0.39, 0.29) is 18.1 Å². The van der Waals surface area contributed by atoms with Gasteiger partial charge in [0.25, 0.3) is 5.91 Å². The van der Waals surface area contributed by atoms with Gasteiger partial charge in [0, 0.05) is 6.42 Å². The van der Waals surface area contributed by atoms with Crippen LogP contribution in [0.25, 0.3) is 6.08 Å². The Labute approximate surface area is 145 Å². The molecular weight excluding hydrogens is 320 g/mol. The Morgan fingerprint density at radius 1 is 1.28 bits per heavy atom. The minimum atomic E-state index is -0.489. The molecule has 1 amide bonds. The van der Waals surface area contributed by atoms with Crippen LogP contribution in [0.4, 0.5) is 0 Å². The molecule has 0 fully saturated rings. The number of nitrogens with one attached hydrogen (secondary N) is 1. The van der Waals surface area contributed by atoms with Gasteiger partial charge in [0.1, 0.15) is 23.2 Å². The van der Waals surface area contributed by atoms with E-state index in [9.17, 15) is 14.9 Å². The summed E-state index contributed by atoms with van der Waals surface area (Å²) in [5.74, 6) is 0.249. The van der Waals surface area contributed by atoms with Crippen molar-refractivity contribution in [1.82, 2.24) is 5.32 Å². The monoisotopic (exact) mass is 338 g/mol. The van der Waals surface area contributed by atoms with Crippen molar-refractivity contribution in [2.24, 2.45) is 0 Å². The van der Waals surface area contributed by atoms with Crippen molar-refractivity contribution in [2.75, 3.05) is 0 Å². The second kappa shape index (κ2) is 9.08. The first-order valence-corrected chi connectivity index (χ1v) is 7.85. The fourth-order valence-corrected chi connectivity index (χ4v) is 2.01. The Morgan fingerprint density at radius 2 is 2.04 bits per heavy atom. The molecular formula is C19H18N2O4. The predicted octanol–water partition coefficient (Wildman–Crippen LogP) is 3.21. The minimum Gasteiger partial charge on any atom is -0.467 e. The summed E-state index contributed by atoms with van der Waals surface area (Å²) >= 11 is 0. The molecule has 6 nitrogen and oxygen atoms in total. The number of carbonyl (C=O) groups excluding carboxylic acids is 2. The van der Waals surface area contributed by atoms with Crippen LogP contribution in [0.15, 0.2) is 52.7 Å². The first-order valence-electron chi connectivity index (χ1n) is 7.85. The summed E-state index contributed by atoms with van der Waals surface area (Å²) in [5, 5.41) is 11.8. The molecule has 2 rings (SSSR count). The van der Waals surface area contributed by atoms with E-state index in [0.29, 0.717) is 23.5 Å². The fraction of sp³-hybridized carbons (Fsp3) is 0.211. The van der Waals surface area contributed by atoms with Gasteiger partial charge in [-0.05, 0) is 42.3 Å². The highest BCUT2D eigenvalue weighted by Crippen LogP contribution is 2.15. The zero-order valence-electron chi connectivity index (χ0n) is 13.8. The van der Waals surface area contributed by atoms with Crippen molar-refractivity contribution in [3.05, 3.63) is 59.6 Å². The van der Waals surface area contributed by atoms with Gasteiger partial charge in [-0.1, -0.05) is 19.1 Å². The number of carbonyl (C=O) groups is 2. The molecule has 0 atom stereocenters. The van der Waals surface area contributed by atoms with Gasteiger partial charge in [0.15, 0.2) is 0 Å². The Morgan fingerprint density at radius 3 is 2.64 bits per heavy atom. The number of amides is 1. The molecule has 0 spiro atoms. The third-order valence-corrected chi connectivity index (χ3v) is 3.25. The number of hydrogen-bond donors (Lipinski definition) is 1. The molecule has 0 saturated heterocycles. The van der Waals surface area contributed by atoms with Gasteiger partial charge in [-0.2, -0.15) is 5.26 Å². The minimum absolute atomic E-state index is 0.0257. The van der Waals surface area contributed by atoms with Crippen molar-refractivity contribution in [1.29, 1.82) is 5.26 Å². The third-order valence-electron chi connectivity index (χ3n) is 3.25. The molecule has 0 saturated carbocycles. The van der Waals surface area contributed by atoms with Crippen LogP contribution in [0, 0.1) is 11.3 Å². The van der Waals surface area contributed by atoms with Crippen LogP contribution in [-0.2, 0) is 16.1 Å². The molecule has 0 radical (unpaired) electrons. The van der Waals surface area contributed by atoms with Crippen molar-refractivity contribution in [3.63, 3.8) is 0 Å². The predicted molar refractivity (Wildman–Crippen MR) is 91.1 cm³/mol. The van der Waals surface area contributed by atoms with Gasteiger partial charge in [-0.3, -0.25) is 9.59 Å². The summed E-state index contributed by atoms with van der Waals surface area (Å²) in [6.07, 6.45) is 4.06. The number of ether oxygens (including phenoxy) is 1. The van der Waals surface area contributed by atoms with Gasteiger partial charge >= 0.3 is 5.97 Å². The zero-order valence-corrected chi connectivity index (χ0v) is 13.8. The van der Waals surface area contributed by atoms with Crippen LogP contribution < -0.4 is 10.1 Å². The highest BCUT2D eigenvalue weighted by Gasteiger charge is 2.10. The molecule has 1 heterocycles. The molecule has 1 N–H and O–H groups in total. The maximum absolute atomic E-state index is 12.0. The summed E-state index contributed by atoms with van der Waals surface area (Å²) in [4.78, 5) is 23.5. The standard InChI is InChI=1S/C19H18N2O4/c1-2-4-18(22)25-16-8-6-14(7-9-16)11-15(12-20)19(23)21-13-17-5-3-10-24-17/h3,5-11H,2,4,13H2,1H3,(H,21,23)/b15-11+. The van der Waals surface area contributed by atoms with E-state index in [1.165, 1.54) is 12.3 Å². The molecule has 6 heteroatoms. The van der Waals surface area contributed by atoms with Crippen molar-refractivity contribution in [3.8, 4) is 11.8 Å². The lowest BCUT2D eigenvalue weighted by Gasteiger charge is -2.04. The normalized spacial score (nSPS) is 10.8. The maximum Gasteiger partial charge on any atom is 0.311 e. The molecule has 0 aliphatic carbocycles. The maximum atomic E-state index is 12.0. The average molecular weight is 338 g/mol. The molecule has 0 unspecified atom stereocenters. The van der Waals surface area contributed by atoms with Gasteiger partial charge in [-0.15, -0.1) is 0 Å².